The number of halogens is 3. The molecule has 3 rings (SSSR count). The van der Waals surface area contributed by atoms with Gasteiger partial charge in [-0.05, 0) is 18.0 Å². The highest BCUT2D eigenvalue weighted by Gasteiger charge is 2.31. The smallest absolute Gasteiger partial charge is 0.377 e. The lowest BCUT2D eigenvalue weighted by atomic mass is 10.0. The number of ether oxygens (including phenoxy) is 1. The third-order valence-corrected chi connectivity index (χ3v) is 8.77. The van der Waals surface area contributed by atoms with Gasteiger partial charge in [0.25, 0.3) is 0 Å². The number of pyridine rings is 2. The molecule has 10 nitrogen and oxygen atoms in total. The molecule has 1 amide bonds. The maximum atomic E-state index is 12.6. The summed E-state index contributed by atoms with van der Waals surface area (Å²) in [6.07, 6.45) is 1.29. The van der Waals surface area contributed by atoms with Crippen molar-refractivity contribution < 1.29 is 31.1 Å². The van der Waals surface area contributed by atoms with Crippen molar-refractivity contribution in [1.29, 1.82) is 0 Å². The van der Waals surface area contributed by atoms with E-state index in [1.54, 1.807) is 32.3 Å². The molecule has 0 fully saturated rings. The third kappa shape index (κ3) is 8.49. The Balaban J connectivity index is 1.98. The summed E-state index contributed by atoms with van der Waals surface area (Å²) in [5, 5.41) is 10.9. The predicted octanol–water partition coefficient (Wildman–Crippen LogP) is 4.24. The first-order valence-electron chi connectivity index (χ1n) is 12.6. The second-order valence-corrected chi connectivity index (χ2v) is 18.2. The Morgan fingerprint density at radius 1 is 1.20 bits per heavy atom. The number of carbonyl (C=O) groups is 1. The van der Waals surface area contributed by atoms with Gasteiger partial charge in [0.2, 0.25) is 15.9 Å². The minimum atomic E-state index is -4.53. The van der Waals surface area contributed by atoms with Crippen molar-refractivity contribution in [3.8, 4) is 11.1 Å². The number of alkyl halides is 3. The minimum absolute atomic E-state index is 0.0136. The zero-order valence-corrected chi connectivity index (χ0v) is 24.8. The number of nitrogens with zero attached hydrogens (tertiary/aromatic N) is 2. The second-order valence-electron chi connectivity index (χ2n) is 11.1. The van der Waals surface area contributed by atoms with Crippen LogP contribution in [0.25, 0.3) is 22.2 Å². The molecular formula is C25H35F3N6O4SSi. The predicted molar refractivity (Wildman–Crippen MR) is 150 cm³/mol. The van der Waals surface area contributed by atoms with Crippen LogP contribution < -0.4 is 15.8 Å². The van der Waals surface area contributed by atoms with Crippen LogP contribution in [0.1, 0.15) is 19.4 Å². The number of anilines is 1. The zero-order valence-electron chi connectivity index (χ0n) is 23.0. The van der Waals surface area contributed by atoms with Gasteiger partial charge in [-0.1, -0.05) is 33.5 Å². The molecule has 40 heavy (non-hydrogen) atoms. The van der Waals surface area contributed by atoms with Gasteiger partial charge < -0.3 is 20.4 Å². The lowest BCUT2D eigenvalue weighted by Crippen LogP contribution is -2.46. The summed E-state index contributed by atoms with van der Waals surface area (Å²) >= 11 is 0. The largest absolute Gasteiger partial charge is 0.405 e. The van der Waals surface area contributed by atoms with Crippen molar-refractivity contribution in [2.75, 3.05) is 18.5 Å². The van der Waals surface area contributed by atoms with E-state index < -0.39 is 42.8 Å². The van der Waals surface area contributed by atoms with Crippen LogP contribution in [-0.4, -0.2) is 62.7 Å². The van der Waals surface area contributed by atoms with E-state index in [0.29, 0.717) is 40.0 Å². The first-order valence-corrected chi connectivity index (χ1v) is 17.9. The Hall–Kier alpha value is -3.01. The number of nitrogens with one attached hydrogen (secondary N) is 3. The van der Waals surface area contributed by atoms with Gasteiger partial charge in [0.15, 0.2) is 0 Å². The molecule has 0 saturated heterocycles. The number of carbonyl (C=O) groups excluding carboxylic acids is 1. The minimum Gasteiger partial charge on any atom is -0.377 e. The van der Waals surface area contributed by atoms with Crippen LogP contribution in [-0.2, 0) is 26.2 Å². The van der Waals surface area contributed by atoms with Gasteiger partial charge in [0.1, 0.15) is 23.1 Å². The topological polar surface area (TPSA) is 152 Å². The summed E-state index contributed by atoms with van der Waals surface area (Å²) in [5.41, 5.74) is 2.26. The summed E-state index contributed by atoms with van der Waals surface area (Å²) in [7, 11) is -5.51. The van der Waals surface area contributed by atoms with Crippen molar-refractivity contribution in [1.82, 2.24) is 20.3 Å². The molecule has 0 aliphatic carbocycles. The first kappa shape index (κ1) is 31.5. The van der Waals surface area contributed by atoms with Gasteiger partial charge in [-0.3, -0.25) is 9.78 Å². The molecule has 3 heterocycles. The molecule has 1 atom stereocenters. The first-order chi connectivity index (χ1) is 18.5. The van der Waals surface area contributed by atoms with Crippen LogP contribution in [0.2, 0.25) is 25.7 Å². The van der Waals surface area contributed by atoms with E-state index in [4.69, 9.17) is 9.88 Å². The number of fused-ring (bicyclic) bond motifs is 1. The summed E-state index contributed by atoms with van der Waals surface area (Å²) in [4.78, 5) is 23.8. The van der Waals surface area contributed by atoms with Crippen LogP contribution in [0.15, 0.2) is 35.7 Å². The molecular weight excluding hydrogens is 565 g/mol. The molecule has 5 N–H and O–H groups in total. The fraction of sp³-hybridized carbons (Fsp3) is 0.480. The van der Waals surface area contributed by atoms with Gasteiger partial charge in [0.05, 0.1) is 12.3 Å². The summed E-state index contributed by atoms with van der Waals surface area (Å²) in [6, 6.07) is 1.59. The summed E-state index contributed by atoms with van der Waals surface area (Å²) < 4.78 is 68.6. The number of aromatic amines is 1. The van der Waals surface area contributed by atoms with Crippen LogP contribution in [0.3, 0.4) is 0 Å². The molecule has 0 aliphatic heterocycles. The Morgan fingerprint density at radius 3 is 2.50 bits per heavy atom. The number of aromatic nitrogens is 3. The lowest BCUT2D eigenvalue weighted by molar-refractivity contribution is -0.139. The Bertz CT molecular complexity index is 1450. The molecule has 220 valence electrons. The average Bonchev–Trinajstić information content (AvgIpc) is 3.26. The summed E-state index contributed by atoms with van der Waals surface area (Å²) in [6.45, 7) is 9.04. The lowest BCUT2D eigenvalue weighted by Gasteiger charge is -2.23. The fourth-order valence-corrected chi connectivity index (χ4v) is 5.45. The Labute approximate surface area is 232 Å². The van der Waals surface area contributed by atoms with Crippen molar-refractivity contribution in [3.05, 3.63) is 36.4 Å². The fourth-order valence-electron chi connectivity index (χ4n) is 3.99. The molecule has 3 aromatic rings. The molecule has 3 aromatic heterocycles. The molecule has 0 saturated carbocycles. The highest BCUT2D eigenvalue weighted by molar-refractivity contribution is 7.89. The SMILES string of the molecule is CC(C)C(Nc1cncc(-c2c[nH]c3ncc(S(N)(=O)=O)c(COCC[Si](C)(C)C)c23)c1)C(=O)NCC(F)(F)F. The van der Waals surface area contributed by atoms with Crippen LogP contribution in [0, 0.1) is 5.92 Å². The van der Waals surface area contributed by atoms with Crippen molar-refractivity contribution in [3.63, 3.8) is 0 Å². The van der Waals surface area contributed by atoms with E-state index in [2.05, 4.69) is 39.9 Å². The number of primary sulfonamides is 1. The van der Waals surface area contributed by atoms with Crippen molar-refractivity contribution in [2.45, 2.75) is 63.3 Å². The number of hydrogen-bond acceptors (Lipinski definition) is 7. The number of nitrogens with two attached hydrogens (primary N) is 1. The second kappa shape index (κ2) is 12.2. The van der Waals surface area contributed by atoms with E-state index in [9.17, 15) is 26.4 Å². The van der Waals surface area contributed by atoms with Gasteiger partial charge >= 0.3 is 6.18 Å². The molecule has 0 aliphatic rings. The Kier molecular flexibility index (Phi) is 9.64. The van der Waals surface area contributed by atoms with Gasteiger partial charge in [-0.25, -0.2) is 18.5 Å². The van der Waals surface area contributed by atoms with E-state index in [1.165, 1.54) is 12.4 Å². The number of hydrogen-bond donors (Lipinski definition) is 4. The van der Waals surface area contributed by atoms with E-state index >= 15 is 0 Å². The van der Waals surface area contributed by atoms with Crippen molar-refractivity contribution >= 4 is 40.7 Å². The van der Waals surface area contributed by atoms with Gasteiger partial charge in [-0.2, -0.15) is 13.2 Å². The monoisotopic (exact) mass is 600 g/mol. The van der Waals surface area contributed by atoms with Crippen LogP contribution in [0.4, 0.5) is 18.9 Å². The van der Waals surface area contributed by atoms with E-state index in [0.717, 1.165) is 6.04 Å². The maximum absolute atomic E-state index is 12.6. The number of amides is 1. The molecule has 0 radical (unpaired) electrons. The molecule has 0 spiro atoms. The highest BCUT2D eigenvalue weighted by atomic mass is 32.2. The highest BCUT2D eigenvalue weighted by Crippen LogP contribution is 2.34. The van der Waals surface area contributed by atoms with Crippen LogP contribution >= 0.6 is 0 Å². The number of sulfonamides is 1. The van der Waals surface area contributed by atoms with Crippen molar-refractivity contribution in [2.24, 2.45) is 11.1 Å². The normalized spacial score (nSPS) is 13.6. The zero-order chi connectivity index (χ0) is 29.9. The summed E-state index contributed by atoms with van der Waals surface area (Å²) in [5.74, 6) is -1.14. The van der Waals surface area contributed by atoms with E-state index in [1.807, 2.05) is 5.32 Å². The standard InChI is InChI=1S/C25H35F3N6O4SSi/c1-15(2)22(24(35)33-14-25(26,27)28)34-17-8-16(9-30-10-17)18-11-31-23-21(18)19(13-38-6-7-40(3,4)5)20(12-32-23)39(29,36)37/h8-12,15,22,34H,6-7,13-14H2,1-5H3,(H,31,32)(H,33,35)(H2,29,36,37). The molecule has 0 aromatic carbocycles. The van der Waals surface area contributed by atoms with Crippen LogP contribution in [0.5, 0.6) is 0 Å². The van der Waals surface area contributed by atoms with Gasteiger partial charge in [0, 0.05) is 61.5 Å². The quantitative estimate of drug-likeness (QED) is 0.179. The number of H-pyrrole nitrogens is 1. The number of rotatable bonds is 12. The average molecular weight is 601 g/mol. The van der Waals surface area contributed by atoms with Gasteiger partial charge in [-0.15, -0.1) is 0 Å². The third-order valence-electron chi connectivity index (χ3n) is 6.10. The maximum Gasteiger partial charge on any atom is 0.405 e. The molecule has 0 bridgehead atoms. The molecule has 15 heteroatoms. The van der Waals surface area contributed by atoms with E-state index in [-0.39, 0.29) is 17.4 Å². The Morgan fingerprint density at radius 2 is 1.90 bits per heavy atom. The molecule has 1 unspecified atom stereocenters.